The van der Waals surface area contributed by atoms with Gasteiger partial charge in [0.15, 0.2) is 6.10 Å². The smallest absolute Gasteiger partial charge is 0.265 e. The zero-order valence-electron chi connectivity index (χ0n) is 10.4. The lowest BCUT2D eigenvalue weighted by Crippen LogP contribution is -2.56. The number of carbonyl (C=O) groups is 1. The van der Waals surface area contributed by atoms with Crippen LogP contribution in [0.2, 0.25) is 0 Å². The van der Waals surface area contributed by atoms with E-state index in [1.54, 1.807) is 6.92 Å². The van der Waals surface area contributed by atoms with Crippen LogP contribution in [0.25, 0.3) is 0 Å². The predicted molar refractivity (Wildman–Crippen MR) is 66.7 cm³/mol. The minimum absolute atomic E-state index is 0.108. The van der Waals surface area contributed by atoms with Gasteiger partial charge in [-0.15, -0.1) is 0 Å². The first-order valence-corrected chi connectivity index (χ1v) is 6.03. The molecule has 1 aromatic rings. The highest BCUT2D eigenvalue weighted by Gasteiger charge is 2.39. The Balaban J connectivity index is 1.96. The fraction of sp³-hybridized carbons (Fsp3) is 0.462. The van der Waals surface area contributed by atoms with E-state index in [0.717, 1.165) is 17.0 Å². The Morgan fingerprint density at radius 3 is 2.83 bits per heavy atom. The zero-order chi connectivity index (χ0) is 12.8. The van der Waals surface area contributed by atoms with E-state index in [2.05, 4.69) is 10.6 Å². The fourth-order valence-corrected chi connectivity index (χ4v) is 2.27. The first-order valence-electron chi connectivity index (χ1n) is 6.03. The fourth-order valence-electron chi connectivity index (χ4n) is 2.27. The summed E-state index contributed by atoms with van der Waals surface area (Å²) in [5, 5.41) is 6.14. The minimum Gasteiger partial charge on any atom is -0.479 e. The van der Waals surface area contributed by atoms with Gasteiger partial charge in [0.25, 0.3) is 5.91 Å². The summed E-state index contributed by atoms with van der Waals surface area (Å²) in [4.78, 5) is 11.6. The van der Waals surface area contributed by atoms with Crippen LogP contribution in [0, 0.1) is 0 Å². The maximum absolute atomic E-state index is 11.6. The second-order valence-corrected chi connectivity index (χ2v) is 4.79. The quantitative estimate of drug-likeness (QED) is 0.814. The van der Waals surface area contributed by atoms with E-state index in [0.29, 0.717) is 13.2 Å². The molecule has 18 heavy (non-hydrogen) atoms. The average Bonchev–Trinajstić information content (AvgIpc) is 2.30. The molecule has 0 aromatic heterocycles. The first kappa shape index (κ1) is 11.5. The summed E-state index contributed by atoms with van der Waals surface area (Å²) in [5.41, 5.74) is 1.70. The number of carbonyl (C=O) groups excluding carboxylic acids is 1. The van der Waals surface area contributed by atoms with Crippen molar-refractivity contribution in [3.8, 4) is 5.75 Å². The van der Waals surface area contributed by atoms with E-state index in [1.165, 1.54) is 0 Å². The third-order valence-electron chi connectivity index (χ3n) is 3.64. The van der Waals surface area contributed by atoms with Gasteiger partial charge in [-0.05, 0) is 31.7 Å². The molecule has 2 N–H and O–H groups in total. The highest BCUT2D eigenvalue weighted by Crippen LogP contribution is 2.36. The van der Waals surface area contributed by atoms with Crippen molar-refractivity contribution in [2.24, 2.45) is 0 Å². The third kappa shape index (κ3) is 1.59. The maximum atomic E-state index is 11.6. The lowest BCUT2D eigenvalue weighted by molar-refractivity contribution is -0.122. The van der Waals surface area contributed by atoms with Crippen molar-refractivity contribution in [1.29, 1.82) is 0 Å². The highest BCUT2D eigenvalue weighted by molar-refractivity contribution is 5.97. The van der Waals surface area contributed by atoms with Gasteiger partial charge in [0, 0.05) is 0 Å². The lowest BCUT2D eigenvalue weighted by Gasteiger charge is -2.42. The molecule has 3 rings (SSSR count). The van der Waals surface area contributed by atoms with E-state index in [1.807, 2.05) is 25.2 Å². The molecule has 1 amide bonds. The summed E-state index contributed by atoms with van der Waals surface area (Å²) in [7, 11) is 1.92. The van der Waals surface area contributed by atoms with E-state index in [9.17, 15) is 4.79 Å². The summed E-state index contributed by atoms with van der Waals surface area (Å²) in [6.07, 6.45) is -0.436. The molecule has 1 aromatic carbocycles. The maximum Gasteiger partial charge on any atom is 0.265 e. The van der Waals surface area contributed by atoms with Crippen LogP contribution in [0.15, 0.2) is 18.2 Å². The van der Waals surface area contributed by atoms with Gasteiger partial charge in [0.1, 0.15) is 5.75 Å². The number of anilines is 1. The molecular formula is C13H16N2O3. The van der Waals surface area contributed by atoms with Crippen molar-refractivity contribution in [2.45, 2.75) is 18.6 Å². The van der Waals surface area contributed by atoms with Gasteiger partial charge in [-0.3, -0.25) is 4.79 Å². The Kier molecular flexibility index (Phi) is 2.53. The lowest BCUT2D eigenvalue weighted by atomic mass is 9.87. The van der Waals surface area contributed by atoms with Crippen molar-refractivity contribution in [3.63, 3.8) is 0 Å². The summed E-state index contributed by atoms with van der Waals surface area (Å²) in [5.74, 6) is 0.611. The van der Waals surface area contributed by atoms with E-state index in [-0.39, 0.29) is 11.4 Å². The molecule has 1 unspecified atom stereocenters. The van der Waals surface area contributed by atoms with Gasteiger partial charge >= 0.3 is 0 Å². The molecular weight excluding hydrogens is 232 g/mol. The Morgan fingerprint density at radius 2 is 2.22 bits per heavy atom. The Bertz CT molecular complexity index is 491. The molecule has 96 valence electrons. The number of rotatable bonds is 2. The van der Waals surface area contributed by atoms with Gasteiger partial charge in [0.05, 0.1) is 24.4 Å². The summed E-state index contributed by atoms with van der Waals surface area (Å²) in [6.45, 7) is 3.03. The van der Waals surface area contributed by atoms with Crippen LogP contribution in [0.4, 0.5) is 5.69 Å². The van der Waals surface area contributed by atoms with E-state index in [4.69, 9.17) is 9.47 Å². The van der Waals surface area contributed by atoms with E-state index < -0.39 is 6.10 Å². The second-order valence-electron chi connectivity index (χ2n) is 4.79. The standard InChI is InChI=1S/C13H16N2O3/c1-8-12(16)15-10-5-9(3-4-11(10)18-8)13(14-2)6-17-7-13/h3-5,8,14H,6-7H2,1-2H3,(H,15,16). The number of fused-ring (bicyclic) bond motifs is 1. The van der Waals surface area contributed by atoms with Gasteiger partial charge < -0.3 is 20.1 Å². The second kappa shape index (κ2) is 3.96. The molecule has 0 saturated carbocycles. The largest absolute Gasteiger partial charge is 0.479 e. The third-order valence-corrected chi connectivity index (χ3v) is 3.64. The normalized spacial score (nSPS) is 24.6. The van der Waals surface area contributed by atoms with Crippen LogP contribution in [-0.2, 0) is 15.1 Å². The molecule has 0 bridgehead atoms. The van der Waals surface area contributed by atoms with Crippen LogP contribution in [-0.4, -0.2) is 32.3 Å². The van der Waals surface area contributed by atoms with Crippen molar-refractivity contribution < 1.29 is 14.3 Å². The number of amides is 1. The monoisotopic (exact) mass is 248 g/mol. The van der Waals surface area contributed by atoms with Gasteiger partial charge in [-0.2, -0.15) is 0 Å². The molecule has 0 aliphatic carbocycles. The van der Waals surface area contributed by atoms with Crippen molar-refractivity contribution >= 4 is 11.6 Å². The molecule has 1 atom stereocenters. The van der Waals surface area contributed by atoms with Crippen LogP contribution in [0.3, 0.4) is 0 Å². The molecule has 0 spiro atoms. The van der Waals surface area contributed by atoms with Gasteiger partial charge in [-0.25, -0.2) is 0 Å². The number of hydrogen-bond donors (Lipinski definition) is 2. The highest BCUT2D eigenvalue weighted by atomic mass is 16.5. The molecule has 2 heterocycles. The SMILES string of the molecule is CNC1(c2ccc3c(c2)NC(=O)C(C)O3)COC1. The minimum atomic E-state index is -0.436. The number of likely N-dealkylation sites (N-methyl/N-ethyl adjacent to an activating group) is 1. The first-order chi connectivity index (χ1) is 8.64. The van der Waals surface area contributed by atoms with Crippen LogP contribution in [0.1, 0.15) is 12.5 Å². The zero-order valence-corrected chi connectivity index (χ0v) is 10.4. The van der Waals surface area contributed by atoms with Crippen LogP contribution in [0.5, 0.6) is 5.75 Å². The number of nitrogens with one attached hydrogen (secondary N) is 2. The summed E-state index contributed by atoms with van der Waals surface area (Å²) < 4.78 is 10.8. The molecule has 2 aliphatic heterocycles. The Labute approximate surface area is 105 Å². The molecule has 1 saturated heterocycles. The summed E-state index contributed by atoms with van der Waals surface area (Å²) in [6, 6.07) is 5.87. The molecule has 1 fully saturated rings. The van der Waals surface area contributed by atoms with E-state index >= 15 is 0 Å². The van der Waals surface area contributed by atoms with Crippen LogP contribution >= 0.6 is 0 Å². The number of benzene rings is 1. The van der Waals surface area contributed by atoms with Crippen molar-refractivity contribution in [1.82, 2.24) is 5.32 Å². The van der Waals surface area contributed by atoms with Gasteiger partial charge in [-0.1, -0.05) is 6.07 Å². The molecule has 0 radical (unpaired) electrons. The number of ether oxygens (including phenoxy) is 2. The van der Waals surface area contributed by atoms with Gasteiger partial charge in [0.2, 0.25) is 0 Å². The Hall–Kier alpha value is -1.59. The Morgan fingerprint density at radius 1 is 1.44 bits per heavy atom. The van der Waals surface area contributed by atoms with Crippen molar-refractivity contribution in [2.75, 3.05) is 25.6 Å². The number of hydrogen-bond acceptors (Lipinski definition) is 4. The molecule has 2 aliphatic rings. The van der Waals surface area contributed by atoms with Crippen LogP contribution < -0.4 is 15.4 Å². The molecule has 5 nitrogen and oxygen atoms in total. The summed E-state index contributed by atoms with van der Waals surface area (Å²) >= 11 is 0. The topological polar surface area (TPSA) is 59.6 Å². The predicted octanol–water partition coefficient (Wildman–Crippen LogP) is 0.851. The average molecular weight is 248 g/mol. The van der Waals surface area contributed by atoms with Crippen molar-refractivity contribution in [3.05, 3.63) is 23.8 Å². The molecule has 5 heteroatoms.